The van der Waals surface area contributed by atoms with Crippen LogP contribution < -0.4 is 0 Å². The van der Waals surface area contributed by atoms with Crippen LogP contribution in [0, 0.1) is 0 Å². The predicted molar refractivity (Wildman–Crippen MR) is 82.2 cm³/mol. The molecule has 0 aliphatic carbocycles. The number of hydrogen-bond donors (Lipinski definition) is 1. The first-order chi connectivity index (χ1) is 6.80. The van der Waals surface area contributed by atoms with Crippen LogP contribution in [0.3, 0.4) is 0 Å². The van der Waals surface area contributed by atoms with Crippen LogP contribution in [0.25, 0.3) is 0 Å². The first kappa shape index (κ1) is 18.2. The number of rotatable bonds is 3. The quantitative estimate of drug-likeness (QED) is 0.634. The smallest absolute Gasteiger partial charge is 0.330 e. The highest BCUT2D eigenvalue weighted by Gasteiger charge is 2.34. The molecule has 0 radical (unpaired) electrons. The Morgan fingerprint density at radius 3 is 1.25 bits per heavy atom. The van der Waals surface area contributed by atoms with Crippen LogP contribution in [-0.4, -0.2) is 34.1 Å². The molecule has 0 atom stereocenters. The number of carboxylic acids is 1. The third kappa shape index (κ3) is 9.11. The van der Waals surface area contributed by atoms with Gasteiger partial charge in [-0.05, 0) is 6.92 Å². The molecule has 0 aromatic heterocycles. The number of carboxylic acid groups (broad SMARTS) is 1. The van der Waals surface area contributed by atoms with Crippen LogP contribution in [0.1, 0.15) is 6.92 Å². The van der Waals surface area contributed by atoms with E-state index in [1.807, 2.05) is 0 Å². The molecule has 0 spiro atoms. The Kier molecular flexibility index (Phi) is 7.48. The Hall–Kier alpha value is -0.139. The highest BCUT2D eigenvalue weighted by molar-refractivity contribution is 7.59. The zero-order chi connectivity index (χ0) is 13.7. The van der Waals surface area contributed by atoms with Gasteiger partial charge < -0.3 is 5.11 Å². The van der Waals surface area contributed by atoms with Crippen molar-refractivity contribution in [1.29, 1.82) is 0 Å². The zero-order valence-corrected chi connectivity index (χ0v) is 15.3. The maximum absolute atomic E-state index is 9.60. The summed E-state index contributed by atoms with van der Waals surface area (Å²) in [5, 5.41) is 7.89. The Balaban J connectivity index is 0. The molecule has 0 saturated heterocycles. The lowest BCUT2D eigenvalue weighted by Gasteiger charge is -2.33. The zero-order valence-electron chi connectivity index (χ0n) is 12.1. The maximum atomic E-state index is 9.60. The van der Waals surface area contributed by atoms with Crippen molar-refractivity contribution in [2.24, 2.45) is 0 Å². The van der Waals surface area contributed by atoms with E-state index in [0.717, 1.165) is 0 Å². The average molecular weight is 277 g/mol. The summed E-state index contributed by atoms with van der Waals surface area (Å²) in [5.41, 5.74) is 0.176. The number of hydrogen-bond acceptors (Lipinski definition) is 1. The Labute approximate surface area is 104 Å². The van der Waals surface area contributed by atoms with E-state index in [1.54, 1.807) is 0 Å². The molecule has 0 bridgehead atoms. The molecule has 2 nitrogen and oxygen atoms in total. The van der Waals surface area contributed by atoms with E-state index in [4.69, 9.17) is 5.11 Å². The fourth-order valence-electron chi connectivity index (χ4n) is 1.30. The van der Waals surface area contributed by atoms with Crippen molar-refractivity contribution < 1.29 is 9.90 Å². The lowest BCUT2D eigenvalue weighted by Crippen LogP contribution is -2.56. The van der Waals surface area contributed by atoms with E-state index in [2.05, 4.69) is 52.4 Å². The first-order valence-corrected chi connectivity index (χ1v) is 17.5. The summed E-state index contributed by atoms with van der Waals surface area (Å²) in [6, 6.07) is 0. The molecular weight excluding hydrogens is 248 g/mol. The van der Waals surface area contributed by atoms with E-state index in [0.29, 0.717) is 0 Å². The molecule has 1 N–H and O–H groups in total. The van der Waals surface area contributed by atoms with Crippen molar-refractivity contribution in [2.45, 2.75) is 52.8 Å². The fraction of sp³-hybridized carbons (Fsp3) is 0.727. The third-order valence-electron chi connectivity index (χ3n) is 2.96. The number of carbonyl (C=O) groups is 1. The minimum absolute atomic E-state index is 0.176. The molecule has 0 aromatic carbocycles. The molecule has 0 aliphatic heterocycles. The molecule has 0 rings (SSSR count). The summed E-state index contributed by atoms with van der Waals surface area (Å²) in [6.45, 7) is 22.5. The summed E-state index contributed by atoms with van der Waals surface area (Å²) >= 11 is 0. The van der Waals surface area contributed by atoms with E-state index < -0.39 is 21.2 Å². The van der Waals surface area contributed by atoms with Crippen molar-refractivity contribution in [3.63, 3.8) is 0 Å². The number of aliphatic carboxylic acids is 1. The van der Waals surface area contributed by atoms with Gasteiger partial charge in [0.25, 0.3) is 0 Å². The van der Waals surface area contributed by atoms with E-state index in [-0.39, 0.29) is 13.4 Å². The largest absolute Gasteiger partial charge is 0.478 e. The molecule has 5 heteroatoms. The standard InChI is InChI=1S/C7H22Si3.C4H6O2/c1-8(9(2,3)4)10(5,6)7;1-3(2)4(5)6/h8H,1-7H3;1H2,2H3,(H,5,6). The Bertz CT molecular complexity index is 223. The molecule has 0 fully saturated rings. The van der Waals surface area contributed by atoms with Gasteiger partial charge in [-0.15, -0.1) is 0 Å². The second-order valence-electron chi connectivity index (χ2n) is 6.54. The van der Waals surface area contributed by atoms with Crippen LogP contribution in [0.2, 0.25) is 45.8 Å². The van der Waals surface area contributed by atoms with Crippen LogP contribution in [0.4, 0.5) is 0 Å². The second kappa shape index (κ2) is 6.56. The van der Waals surface area contributed by atoms with Gasteiger partial charge in [-0.3, -0.25) is 0 Å². The van der Waals surface area contributed by atoms with E-state index in [1.165, 1.54) is 6.92 Å². The monoisotopic (exact) mass is 276 g/mol. The van der Waals surface area contributed by atoms with Gasteiger partial charge in [0.2, 0.25) is 0 Å². The molecule has 0 unspecified atom stereocenters. The first-order valence-electron chi connectivity index (χ1n) is 5.69. The SMILES string of the molecule is C=C(C)C(=O)O.C[SiH]([Si](C)(C)C)[Si](C)(C)C. The van der Waals surface area contributed by atoms with Gasteiger partial charge in [0, 0.05) is 28.6 Å². The summed E-state index contributed by atoms with van der Waals surface area (Å²) in [5.74, 6) is -0.935. The van der Waals surface area contributed by atoms with Crippen molar-refractivity contribution in [3.8, 4) is 0 Å². The van der Waals surface area contributed by atoms with Crippen molar-refractivity contribution in [2.75, 3.05) is 0 Å². The van der Waals surface area contributed by atoms with Gasteiger partial charge in [0.15, 0.2) is 0 Å². The van der Waals surface area contributed by atoms with Crippen LogP contribution in [-0.2, 0) is 4.79 Å². The Morgan fingerprint density at radius 1 is 1.06 bits per heavy atom. The van der Waals surface area contributed by atoms with Gasteiger partial charge in [0.05, 0.1) is 0 Å². The summed E-state index contributed by atoms with van der Waals surface area (Å²) < 4.78 is 0. The third-order valence-corrected chi connectivity index (χ3v) is 39.3. The lowest BCUT2D eigenvalue weighted by atomic mass is 10.4. The van der Waals surface area contributed by atoms with Gasteiger partial charge in [0.1, 0.15) is 0 Å². The van der Waals surface area contributed by atoms with Gasteiger partial charge in [-0.1, -0.05) is 52.4 Å². The summed E-state index contributed by atoms with van der Waals surface area (Å²) in [7, 11) is -1.69. The van der Waals surface area contributed by atoms with Crippen molar-refractivity contribution >= 4 is 29.0 Å². The van der Waals surface area contributed by atoms with Gasteiger partial charge in [-0.25, -0.2) is 4.79 Å². The maximum Gasteiger partial charge on any atom is 0.330 e. The molecule has 0 amide bonds. The Morgan fingerprint density at radius 2 is 1.25 bits per heavy atom. The fourth-order valence-corrected chi connectivity index (χ4v) is 35.1. The van der Waals surface area contributed by atoms with E-state index in [9.17, 15) is 4.79 Å². The van der Waals surface area contributed by atoms with Crippen LogP contribution in [0.15, 0.2) is 12.2 Å². The lowest BCUT2D eigenvalue weighted by molar-refractivity contribution is -0.132. The van der Waals surface area contributed by atoms with E-state index >= 15 is 0 Å². The molecule has 0 saturated carbocycles. The van der Waals surface area contributed by atoms with Gasteiger partial charge >= 0.3 is 5.97 Å². The summed E-state index contributed by atoms with van der Waals surface area (Å²) in [6.07, 6.45) is 0. The predicted octanol–water partition coefficient (Wildman–Crippen LogP) is 3.32. The second-order valence-corrected chi connectivity index (χ2v) is 34.8. The highest BCUT2D eigenvalue weighted by atomic mass is 29.6. The van der Waals surface area contributed by atoms with Crippen molar-refractivity contribution in [3.05, 3.63) is 12.2 Å². The molecule has 0 aromatic rings. The topological polar surface area (TPSA) is 37.3 Å². The average Bonchev–Trinajstić information content (AvgIpc) is 2.00. The molecular formula is C11H28O2Si3. The minimum Gasteiger partial charge on any atom is -0.478 e. The minimum atomic E-state index is -0.935. The molecule has 0 heterocycles. The highest BCUT2D eigenvalue weighted by Crippen LogP contribution is 2.16. The van der Waals surface area contributed by atoms with Crippen LogP contribution in [0.5, 0.6) is 0 Å². The van der Waals surface area contributed by atoms with Crippen LogP contribution >= 0.6 is 0 Å². The van der Waals surface area contributed by atoms with Gasteiger partial charge in [-0.2, -0.15) is 0 Å². The molecule has 96 valence electrons. The molecule has 0 aliphatic rings. The van der Waals surface area contributed by atoms with Crippen molar-refractivity contribution in [1.82, 2.24) is 0 Å². The normalized spacial score (nSPS) is 11.8. The summed E-state index contributed by atoms with van der Waals surface area (Å²) in [4.78, 5) is 9.60. The molecule has 16 heavy (non-hydrogen) atoms.